The fourth-order valence-electron chi connectivity index (χ4n) is 3.98. The molecule has 0 fully saturated rings. The molecular formula is C26H55P. The first kappa shape index (κ1) is 27.4. The van der Waals surface area contributed by atoms with E-state index in [9.17, 15) is 0 Å². The summed E-state index contributed by atoms with van der Waals surface area (Å²) in [5.74, 6) is 0. The maximum Gasteiger partial charge on any atom is -0.0326 e. The monoisotopic (exact) mass is 398 g/mol. The van der Waals surface area contributed by atoms with Crippen molar-refractivity contribution in [1.29, 1.82) is 0 Å². The lowest BCUT2D eigenvalue weighted by Crippen LogP contribution is -1.96. The van der Waals surface area contributed by atoms with E-state index in [2.05, 4.69) is 20.8 Å². The highest BCUT2D eigenvalue weighted by Gasteiger charge is 2.06. The van der Waals surface area contributed by atoms with E-state index in [0.29, 0.717) is 7.92 Å². The Labute approximate surface area is 175 Å². The molecule has 164 valence electrons. The molecule has 0 heterocycles. The smallest absolute Gasteiger partial charge is 0.0326 e. The molecule has 0 saturated carbocycles. The second kappa shape index (κ2) is 24.5. The van der Waals surface area contributed by atoms with Crippen LogP contribution in [0.3, 0.4) is 0 Å². The summed E-state index contributed by atoms with van der Waals surface area (Å²) < 4.78 is 0. The lowest BCUT2D eigenvalue weighted by molar-refractivity contribution is 0.531. The van der Waals surface area contributed by atoms with Crippen molar-refractivity contribution in [3.05, 3.63) is 0 Å². The zero-order chi connectivity index (χ0) is 19.8. The van der Waals surface area contributed by atoms with Crippen LogP contribution in [0.2, 0.25) is 0 Å². The Morgan fingerprint density at radius 1 is 0.296 bits per heavy atom. The highest BCUT2D eigenvalue weighted by molar-refractivity contribution is 7.57. The molecule has 0 atom stereocenters. The molecule has 0 aromatic carbocycles. The quantitative estimate of drug-likeness (QED) is 0.119. The molecule has 0 amide bonds. The SMILES string of the molecule is CCCCCCCCCCCCCCCCCCP(CCCC)CCCC. The Balaban J connectivity index is 3.24. The zero-order valence-corrected chi connectivity index (χ0v) is 20.6. The van der Waals surface area contributed by atoms with Crippen LogP contribution in [-0.4, -0.2) is 18.5 Å². The van der Waals surface area contributed by atoms with E-state index >= 15 is 0 Å². The highest BCUT2D eigenvalue weighted by Crippen LogP contribution is 2.38. The molecule has 0 radical (unpaired) electrons. The topological polar surface area (TPSA) is 0 Å². The summed E-state index contributed by atoms with van der Waals surface area (Å²) in [6.07, 6.45) is 34.2. The molecule has 0 saturated heterocycles. The molecule has 0 aromatic rings. The van der Waals surface area contributed by atoms with E-state index < -0.39 is 0 Å². The summed E-state index contributed by atoms with van der Waals surface area (Å²) in [7, 11) is 0.385. The van der Waals surface area contributed by atoms with Gasteiger partial charge < -0.3 is 0 Å². The number of rotatable bonds is 23. The summed E-state index contributed by atoms with van der Waals surface area (Å²) in [5.41, 5.74) is 0. The highest BCUT2D eigenvalue weighted by atomic mass is 31.1. The summed E-state index contributed by atoms with van der Waals surface area (Å²) in [5, 5.41) is 0. The normalized spacial score (nSPS) is 11.6. The van der Waals surface area contributed by atoms with E-state index in [1.807, 2.05) is 0 Å². The largest absolute Gasteiger partial charge is 0.107 e. The van der Waals surface area contributed by atoms with Crippen molar-refractivity contribution in [2.75, 3.05) is 18.5 Å². The van der Waals surface area contributed by atoms with Crippen LogP contribution in [0, 0.1) is 0 Å². The van der Waals surface area contributed by atoms with Crippen molar-refractivity contribution >= 4 is 7.92 Å². The predicted molar refractivity (Wildman–Crippen MR) is 131 cm³/mol. The van der Waals surface area contributed by atoms with Gasteiger partial charge in [0.05, 0.1) is 0 Å². The minimum Gasteiger partial charge on any atom is -0.107 e. The first-order chi connectivity index (χ1) is 13.3. The molecule has 0 rings (SSSR count). The van der Waals surface area contributed by atoms with Crippen LogP contribution in [0.4, 0.5) is 0 Å². The Morgan fingerprint density at radius 3 is 0.889 bits per heavy atom. The Morgan fingerprint density at radius 2 is 0.556 bits per heavy atom. The summed E-state index contributed by atoms with van der Waals surface area (Å²) in [6.45, 7) is 7.00. The van der Waals surface area contributed by atoms with E-state index in [1.165, 1.54) is 128 Å². The summed E-state index contributed by atoms with van der Waals surface area (Å²) >= 11 is 0. The lowest BCUT2D eigenvalue weighted by Gasteiger charge is -2.17. The molecule has 0 N–H and O–H groups in total. The van der Waals surface area contributed by atoms with Gasteiger partial charge in [-0.25, -0.2) is 0 Å². The van der Waals surface area contributed by atoms with Crippen molar-refractivity contribution in [3.8, 4) is 0 Å². The standard InChI is InChI=1S/C26H55P/c1-4-7-10-11-12-13-14-15-16-17-18-19-20-21-22-23-26-27(24-8-5-2)25-9-6-3/h4-26H2,1-3H3. The first-order valence-electron chi connectivity index (χ1n) is 13.1. The van der Waals surface area contributed by atoms with Gasteiger partial charge in [0.2, 0.25) is 0 Å². The number of unbranched alkanes of at least 4 members (excludes halogenated alkanes) is 17. The molecule has 0 aliphatic carbocycles. The van der Waals surface area contributed by atoms with E-state index in [4.69, 9.17) is 0 Å². The minimum atomic E-state index is 0.385. The number of hydrogen-bond acceptors (Lipinski definition) is 0. The predicted octanol–water partition coefficient (Wildman–Crippen LogP) is 10.3. The molecule has 0 nitrogen and oxygen atoms in total. The second-order valence-corrected chi connectivity index (χ2v) is 11.5. The van der Waals surface area contributed by atoms with E-state index in [-0.39, 0.29) is 0 Å². The van der Waals surface area contributed by atoms with Crippen LogP contribution in [0.25, 0.3) is 0 Å². The Kier molecular flexibility index (Phi) is 24.9. The Hall–Kier alpha value is 0.430. The van der Waals surface area contributed by atoms with Crippen molar-refractivity contribution in [2.24, 2.45) is 0 Å². The molecule has 0 aliphatic rings. The Bertz CT molecular complexity index is 243. The summed E-state index contributed by atoms with van der Waals surface area (Å²) in [4.78, 5) is 0. The van der Waals surface area contributed by atoms with Crippen LogP contribution in [0.5, 0.6) is 0 Å². The van der Waals surface area contributed by atoms with Crippen molar-refractivity contribution in [1.82, 2.24) is 0 Å². The van der Waals surface area contributed by atoms with Gasteiger partial charge in [0, 0.05) is 0 Å². The third-order valence-electron chi connectivity index (χ3n) is 5.98. The van der Waals surface area contributed by atoms with Crippen molar-refractivity contribution < 1.29 is 0 Å². The van der Waals surface area contributed by atoms with Gasteiger partial charge in [0.25, 0.3) is 0 Å². The molecule has 0 bridgehead atoms. The fraction of sp³-hybridized carbons (Fsp3) is 1.00. The van der Waals surface area contributed by atoms with E-state index in [0.717, 1.165) is 0 Å². The van der Waals surface area contributed by atoms with Crippen LogP contribution in [0.15, 0.2) is 0 Å². The summed E-state index contributed by atoms with van der Waals surface area (Å²) in [6, 6.07) is 0. The van der Waals surface area contributed by atoms with Gasteiger partial charge in [-0.05, 0) is 37.7 Å². The fourth-order valence-corrected chi connectivity index (χ4v) is 6.85. The number of hydrogen-bond donors (Lipinski definition) is 0. The van der Waals surface area contributed by atoms with Gasteiger partial charge in [-0.1, -0.05) is 130 Å². The van der Waals surface area contributed by atoms with Crippen molar-refractivity contribution in [3.63, 3.8) is 0 Å². The van der Waals surface area contributed by atoms with Gasteiger partial charge in [0.15, 0.2) is 0 Å². The van der Waals surface area contributed by atoms with Gasteiger partial charge >= 0.3 is 0 Å². The minimum absolute atomic E-state index is 0.385. The third-order valence-corrected chi connectivity index (χ3v) is 8.83. The molecule has 0 aromatic heterocycles. The van der Waals surface area contributed by atoms with Gasteiger partial charge in [0.1, 0.15) is 0 Å². The molecular weight excluding hydrogens is 343 g/mol. The first-order valence-corrected chi connectivity index (χ1v) is 15.0. The molecule has 0 spiro atoms. The van der Waals surface area contributed by atoms with Crippen LogP contribution < -0.4 is 0 Å². The van der Waals surface area contributed by atoms with Gasteiger partial charge in [-0.15, -0.1) is 7.92 Å². The van der Waals surface area contributed by atoms with E-state index in [1.54, 1.807) is 18.5 Å². The maximum atomic E-state index is 2.35. The van der Waals surface area contributed by atoms with Crippen LogP contribution in [-0.2, 0) is 0 Å². The van der Waals surface area contributed by atoms with Crippen molar-refractivity contribution in [2.45, 2.75) is 149 Å². The lowest BCUT2D eigenvalue weighted by atomic mass is 10.0. The van der Waals surface area contributed by atoms with Crippen LogP contribution in [0.1, 0.15) is 149 Å². The molecule has 1 heteroatoms. The van der Waals surface area contributed by atoms with Gasteiger partial charge in [-0.2, -0.15) is 0 Å². The van der Waals surface area contributed by atoms with Gasteiger partial charge in [-0.3, -0.25) is 0 Å². The molecule has 0 aliphatic heterocycles. The molecule has 0 unspecified atom stereocenters. The average molecular weight is 399 g/mol. The zero-order valence-electron chi connectivity index (χ0n) is 19.7. The maximum absolute atomic E-state index is 2.35. The second-order valence-electron chi connectivity index (χ2n) is 8.85. The third kappa shape index (κ3) is 22.6. The average Bonchev–Trinajstić information content (AvgIpc) is 2.69. The van der Waals surface area contributed by atoms with Crippen LogP contribution >= 0.6 is 7.92 Å². The molecule has 27 heavy (non-hydrogen) atoms.